The van der Waals surface area contributed by atoms with Gasteiger partial charge in [0.25, 0.3) is 12.3 Å². The molecular weight excluding hydrogens is 533 g/mol. The van der Waals surface area contributed by atoms with Gasteiger partial charge in [-0.1, -0.05) is 0 Å². The number of carbonyl (C=O) groups is 2. The van der Waals surface area contributed by atoms with E-state index in [2.05, 4.69) is 20.5 Å². The number of hydrogen-bond donors (Lipinski definition) is 2. The summed E-state index contributed by atoms with van der Waals surface area (Å²) in [6.07, 6.45) is -4.65. The molecule has 0 aliphatic heterocycles. The lowest BCUT2D eigenvalue weighted by molar-refractivity contribution is -0.141. The van der Waals surface area contributed by atoms with Gasteiger partial charge in [-0.2, -0.15) is 23.4 Å². The second-order valence-electron chi connectivity index (χ2n) is 8.98. The Hall–Kier alpha value is -3.88. The van der Waals surface area contributed by atoms with Crippen LogP contribution in [0.3, 0.4) is 0 Å². The normalized spacial score (nSPS) is 14.0. The van der Waals surface area contributed by atoms with Crippen LogP contribution in [0.15, 0.2) is 18.3 Å². The highest BCUT2D eigenvalue weighted by Crippen LogP contribution is 2.44. The number of nitrogens with one attached hydrogen (secondary N) is 1. The Balaban J connectivity index is 1.60. The average Bonchev–Trinajstić information content (AvgIpc) is 3.32. The number of nitrogens with two attached hydrogens (primary N) is 1. The van der Waals surface area contributed by atoms with Crippen LogP contribution in [0.4, 0.5) is 27.6 Å². The zero-order valence-electron chi connectivity index (χ0n) is 19.9. The van der Waals surface area contributed by atoms with Crippen LogP contribution in [0.25, 0.3) is 21.3 Å². The monoisotopic (exact) mass is 553 g/mol. The van der Waals surface area contributed by atoms with Gasteiger partial charge in [-0.15, -0.1) is 11.3 Å². The standard InChI is InChI=1S/C23H20F5N7O2S/c1-9-12(7-34(2)32-9)11-5-13(20(24)25)30-22-17(11)18(19(38-22)21(29)37)31-16(36)8-35-14(10-3-4-10)6-15(33-35)23(26,27)28/h5-7,10,20H,3-4,8H2,1-2H3,(H2,29,37)(H,31,36). The lowest BCUT2D eigenvalue weighted by atomic mass is 10.0. The molecule has 1 aliphatic rings. The van der Waals surface area contributed by atoms with E-state index in [4.69, 9.17) is 5.73 Å². The Morgan fingerprint density at radius 1 is 1.21 bits per heavy atom. The number of hydrogen-bond acceptors (Lipinski definition) is 6. The number of primary amides is 1. The molecule has 0 aromatic carbocycles. The average molecular weight is 554 g/mol. The van der Waals surface area contributed by atoms with Crippen LogP contribution in [0.2, 0.25) is 0 Å². The van der Waals surface area contributed by atoms with Crippen LogP contribution in [0, 0.1) is 6.92 Å². The van der Waals surface area contributed by atoms with Crippen LogP contribution in [-0.2, 0) is 24.6 Å². The molecule has 4 aromatic rings. The molecule has 9 nitrogen and oxygen atoms in total. The van der Waals surface area contributed by atoms with E-state index < -0.39 is 42.3 Å². The first-order valence-corrected chi connectivity index (χ1v) is 12.2. The summed E-state index contributed by atoms with van der Waals surface area (Å²) in [5.74, 6) is -1.85. The first kappa shape index (κ1) is 25.8. The fraction of sp³-hybridized carbons (Fsp3) is 0.348. The van der Waals surface area contributed by atoms with Crippen LogP contribution in [0.1, 0.15) is 57.6 Å². The van der Waals surface area contributed by atoms with Crippen LogP contribution >= 0.6 is 11.3 Å². The number of fused-ring (bicyclic) bond motifs is 1. The molecule has 1 saturated carbocycles. The molecule has 38 heavy (non-hydrogen) atoms. The minimum atomic E-state index is -4.68. The third-order valence-corrected chi connectivity index (χ3v) is 7.19. The van der Waals surface area contributed by atoms with Gasteiger partial charge in [0, 0.05) is 35.8 Å². The Kier molecular flexibility index (Phi) is 6.20. The van der Waals surface area contributed by atoms with E-state index in [0.717, 1.165) is 28.2 Å². The van der Waals surface area contributed by atoms with Gasteiger partial charge in [-0.25, -0.2) is 13.8 Å². The number of aromatic nitrogens is 5. The number of rotatable bonds is 7. The Morgan fingerprint density at radius 3 is 2.47 bits per heavy atom. The molecule has 2 amide bonds. The fourth-order valence-electron chi connectivity index (χ4n) is 4.32. The van der Waals surface area contributed by atoms with E-state index in [1.807, 2.05) is 0 Å². The Labute approximate surface area is 215 Å². The molecule has 0 radical (unpaired) electrons. The number of carbonyl (C=O) groups excluding carboxylic acids is 2. The third kappa shape index (κ3) is 4.73. The molecule has 15 heteroatoms. The highest BCUT2D eigenvalue weighted by Gasteiger charge is 2.38. The molecule has 0 bridgehead atoms. The van der Waals surface area contributed by atoms with E-state index in [1.165, 1.54) is 4.68 Å². The van der Waals surface area contributed by atoms with Crippen molar-refractivity contribution in [2.24, 2.45) is 12.8 Å². The zero-order valence-corrected chi connectivity index (χ0v) is 20.8. The summed E-state index contributed by atoms with van der Waals surface area (Å²) in [6, 6.07) is 2.08. The summed E-state index contributed by atoms with van der Waals surface area (Å²) in [7, 11) is 1.64. The number of halogens is 5. The molecule has 1 aliphatic carbocycles. The number of nitrogens with zero attached hydrogens (tertiary/aromatic N) is 5. The van der Waals surface area contributed by atoms with Crippen molar-refractivity contribution in [3.8, 4) is 11.1 Å². The number of anilines is 1. The van der Waals surface area contributed by atoms with E-state index in [-0.39, 0.29) is 38.0 Å². The number of pyridine rings is 1. The molecule has 0 spiro atoms. The number of amides is 2. The van der Waals surface area contributed by atoms with Crippen molar-refractivity contribution in [3.63, 3.8) is 0 Å². The van der Waals surface area contributed by atoms with Gasteiger partial charge in [0.05, 0.1) is 11.4 Å². The number of thiophene rings is 1. The molecule has 5 rings (SSSR count). The van der Waals surface area contributed by atoms with E-state index >= 15 is 0 Å². The molecule has 0 saturated heterocycles. The minimum absolute atomic E-state index is 0.0299. The maximum Gasteiger partial charge on any atom is 0.435 e. The van der Waals surface area contributed by atoms with E-state index in [1.54, 1.807) is 20.2 Å². The molecule has 4 heterocycles. The van der Waals surface area contributed by atoms with Gasteiger partial charge in [-0.05, 0) is 37.5 Å². The lowest BCUT2D eigenvalue weighted by Crippen LogP contribution is -2.23. The highest BCUT2D eigenvalue weighted by molar-refractivity contribution is 7.21. The van der Waals surface area contributed by atoms with Gasteiger partial charge in [-0.3, -0.25) is 19.0 Å². The summed E-state index contributed by atoms with van der Waals surface area (Å²) in [5, 5.41) is 10.6. The van der Waals surface area contributed by atoms with Crippen molar-refractivity contribution in [1.29, 1.82) is 0 Å². The molecule has 0 unspecified atom stereocenters. The lowest BCUT2D eigenvalue weighted by Gasteiger charge is -2.11. The first-order valence-electron chi connectivity index (χ1n) is 11.3. The molecule has 1 fully saturated rings. The summed E-state index contributed by atoms with van der Waals surface area (Å²) in [4.78, 5) is 29.2. The van der Waals surface area contributed by atoms with Crippen LogP contribution in [-0.4, -0.2) is 36.4 Å². The summed E-state index contributed by atoms with van der Waals surface area (Å²) in [6.45, 7) is 1.10. The van der Waals surface area contributed by atoms with Crippen LogP contribution < -0.4 is 11.1 Å². The SMILES string of the molecule is Cc1nn(C)cc1-c1cc(C(F)F)nc2sc(C(N)=O)c(NC(=O)Cn3nc(C(F)(F)F)cc3C3CC3)c12. The quantitative estimate of drug-likeness (QED) is 0.320. The van der Waals surface area contributed by atoms with Gasteiger partial charge in [0.2, 0.25) is 5.91 Å². The van der Waals surface area contributed by atoms with E-state index in [0.29, 0.717) is 24.1 Å². The number of alkyl halides is 5. The largest absolute Gasteiger partial charge is 0.435 e. The van der Waals surface area contributed by atoms with E-state index in [9.17, 15) is 31.5 Å². The number of aryl methyl sites for hydroxylation is 2. The maximum absolute atomic E-state index is 13.7. The Bertz CT molecular complexity index is 1580. The second-order valence-corrected chi connectivity index (χ2v) is 9.98. The smallest absolute Gasteiger partial charge is 0.365 e. The fourth-order valence-corrected chi connectivity index (χ4v) is 5.33. The van der Waals surface area contributed by atoms with Gasteiger partial charge in [0.1, 0.15) is 21.9 Å². The first-order chi connectivity index (χ1) is 17.8. The van der Waals surface area contributed by atoms with Gasteiger partial charge < -0.3 is 11.1 Å². The Morgan fingerprint density at radius 2 is 1.92 bits per heavy atom. The third-order valence-electron chi connectivity index (χ3n) is 6.09. The molecule has 4 aromatic heterocycles. The van der Waals surface area contributed by atoms with Gasteiger partial charge in [0.15, 0.2) is 5.69 Å². The van der Waals surface area contributed by atoms with Crippen molar-refractivity contribution in [2.45, 2.75) is 44.8 Å². The topological polar surface area (TPSA) is 121 Å². The molecule has 200 valence electrons. The van der Waals surface area contributed by atoms with Crippen molar-refractivity contribution in [2.75, 3.05) is 5.32 Å². The zero-order chi connectivity index (χ0) is 27.5. The second kappa shape index (κ2) is 9.15. The molecular formula is C23H20F5N7O2S. The highest BCUT2D eigenvalue weighted by atomic mass is 32.1. The van der Waals surface area contributed by atoms with Crippen molar-refractivity contribution >= 4 is 39.1 Å². The summed E-state index contributed by atoms with van der Waals surface area (Å²) < 4.78 is 69.6. The molecule has 3 N–H and O–H groups in total. The predicted octanol–water partition coefficient (Wildman–Crippen LogP) is 4.77. The van der Waals surface area contributed by atoms with Crippen molar-refractivity contribution in [1.82, 2.24) is 24.5 Å². The summed E-state index contributed by atoms with van der Waals surface area (Å²) >= 11 is 0.727. The maximum atomic E-state index is 13.7. The van der Waals surface area contributed by atoms with Crippen molar-refractivity contribution < 1.29 is 31.5 Å². The minimum Gasteiger partial charge on any atom is -0.365 e. The van der Waals surface area contributed by atoms with Crippen LogP contribution in [0.5, 0.6) is 0 Å². The predicted molar refractivity (Wildman–Crippen MR) is 128 cm³/mol. The van der Waals surface area contributed by atoms with Crippen molar-refractivity contribution in [3.05, 3.63) is 46.0 Å². The van der Waals surface area contributed by atoms with Gasteiger partial charge >= 0.3 is 6.18 Å². The summed E-state index contributed by atoms with van der Waals surface area (Å²) in [5.41, 5.74) is 5.30. The molecule has 0 atom stereocenters.